The molecule has 2 aliphatic heterocycles. The number of nitrogens with one attached hydrogen (secondary N) is 2. The summed E-state index contributed by atoms with van der Waals surface area (Å²) < 4.78 is 14.5. The van der Waals surface area contributed by atoms with Gasteiger partial charge in [-0.05, 0) is 59.4 Å². The molecule has 0 aliphatic carbocycles. The van der Waals surface area contributed by atoms with Crippen LogP contribution >= 0.6 is 0 Å². The normalized spacial score (nSPS) is 21.0. The first kappa shape index (κ1) is 18.7. The summed E-state index contributed by atoms with van der Waals surface area (Å²) in [6.07, 6.45) is 0.723. The van der Waals surface area contributed by atoms with Gasteiger partial charge in [0, 0.05) is 37.6 Å². The van der Waals surface area contributed by atoms with Gasteiger partial charge in [-0.1, -0.05) is 13.8 Å². The second-order valence-electron chi connectivity index (χ2n) is 8.40. The first-order chi connectivity index (χ1) is 13.3. The Bertz CT molecular complexity index is 907. The van der Waals surface area contributed by atoms with Crippen molar-refractivity contribution in [1.29, 1.82) is 0 Å². The van der Waals surface area contributed by atoms with Gasteiger partial charge in [-0.3, -0.25) is 0 Å². The molecule has 0 bridgehead atoms. The van der Waals surface area contributed by atoms with Crippen LogP contribution in [0.3, 0.4) is 0 Å². The van der Waals surface area contributed by atoms with Gasteiger partial charge in [0.2, 0.25) is 0 Å². The highest BCUT2D eigenvalue weighted by Crippen LogP contribution is 2.45. The standard InChI is InChI=1S/C22H26FN3O2/c1-22(2)13-16-9-14(21(27)28)3-4-19(16)25-20(22)15-10-17(23)12-18(11-15)26-7-5-24-6-8-26/h3-4,9-12,20,24-25H,5-8,13H2,1-2H3,(H,27,28). The molecule has 2 aliphatic rings. The van der Waals surface area contributed by atoms with Crippen molar-refractivity contribution >= 4 is 17.3 Å². The van der Waals surface area contributed by atoms with E-state index < -0.39 is 5.97 Å². The lowest BCUT2D eigenvalue weighted by atomic mass is 9.72. The number of rotatable bonds is 3. The predicted molar refractivity (Wildman–Crippen MR) is 109 cm³/mol. The molecule has 2 heterocycles. The number of carboxylic acid groups (broad SMARTS) is 1. The van der Waals surface area contributed by atoms with Crippen molar-refractivity contribution in [1.82, 2.24) is 5.32 Å². The molecular formula is C22H26FN3O2. The second-order valence-corrected chi connectivity index (χ2v) is 8.40. The smallest absolute Gasteiger partial charge is 0.335 e. The number of nitrogens with zero attached hydrogens (tertiary/aromatic N) is 1. The molecule has 28 heavy (non-hydrogen) atoms. The molecule has 1 fully saturated rings. The van der Waals surface area contributed by atoms with E-state index in [0.717, 1.165) is 55.1 Å². The lowest BCUT2D eigenvalue weighted by Gasteiger charge is -2.42. The first-order valence-electron chi connectivity index (χ1n) is 9.72. The van der Waals surface area contributed by atoms with Gasteiger partial charge >= 0.3 is 5.97 Å². The number of fused-ring (bicyclic) bond motifs is 1. The minimum atomic E-state index is -0.923. The molecule has 1 unspecified atom stereocenters. The maximum Gasteiger partial charge on any atom is 0.335 e. The number of halogens is 1. The van der Waals surface area contributed by atoms with E-state index in [1.54, 1.807) is 24.3 Å². The fraction of sp³-hybridized carbons (Fsp3) is 0.409. The number of hydrogen-bond donors (Lipinski definition) is 3. The average molecular weight is 383 g/mol. The monoisotopic (exact) mass is 383 g/mol. The lowest BCUT2D eigenvalue weighted by Crippen LogP contribution is -2.43. The molecule has 5 nitrogen and oxygen atoms in total. The Hall–Kier alpha value is -2.60. The fourth-order valence-electron chi connectivity index (χ4n) is 4.36. The molecule has 0 amide bonds. The predicted octanol–water partition coefficient (Wildman–Crippen LogP) is 3.67. The van der Waals surface area contributed by atoms with Crippen molar-refractivity contribution < 1.29 is 14.3 Å². The molecule has 1 saturated heterocycles. The molecule has 0 radical (unpaired) electrons. The van der Waals surface area contributed by atoms with E-state index in [1.807, 2.05) is 6.07 Å². The molecule has 0 saturated carbocycles. The second kappa shape index (κ2) is 7.09. The van der Waals surface area contributed by atoms with Crippen LogP contribution in [-0.2, 0) is 6.42 Å². The highest BCUT2D eigenvalue weighted by atomic mass is 19.1. The minimum Gasteiger partial charge on any atom is -0.478 e. The Kier molecular flexibility index (Phi) is 4.75. The van der Waals surface area contributed by atoms with E-state index in [2.05, 4.69) is 35.4 Å². The van der Waals surface area contributed by atoms with E-state index in [4.69, 9.17) is 0 Å². The third kappa shape index (κ3) is 3.56. The molecule has 6 heteroatoms. The minimum absolute atomic E-state index is 0.0620. The van der Waals surface area contributed by atoms with Crippen molar-refractivity contribution in [3.8, 4) is 0 Å². The number of benzene rings is 2. The number of aromatic carboxylic acids is 1. The molecule has 1 atom stereocenters. The van der Waals surface area contributed by atoms with Crippen LogP contribution in [0.5, 0.6) is 0 Å². The first-order valence-corrected chi connectivity index (χ1v) is 9.72. The summed E-state index contributed by atoms with van der Waals surface area (Å²) in [5, 5.41) is 16.1. The van der Waals surface area contributed by atoms with E-state index in [9.17, 15) is 14.3 Å². The number of hydrogen-bond acceptors (Lipinski definition) is 4. The van der Waals surface area contributed by atoms with Gasteiger partial charge < -0.3 is 20.6 Å². The molecule has 2 aromatic carbocycles. The van der Waals surface area contributed by atoms with Crippen LogP contribution < -0.4 is 15.5 Å². The molecule has 148 valence electrons. The molecule has 2 aromatic rings. The van der Waals surface area contributed by atoms with E-state index in [1.165, 1.54) is 0 Å². The van der Waals surface area contributed by atoms with Crippen molar-refractivity contribution in [2.24, 2.45) is 5.41 Å². The summed E-state index contributed by atoms with van der Waals surface area (Å²) in [4.78, 5) is 13.5. The van der Waals surface area contributed by atoms with Crippen molar-refractivity contribution in [3.63, 3.8) is 0 Å². The van der Waals surface area contributed by atoms with Crippen LogP contribution in [0.15, 0.2) is 36.4 Å². The zero-order chi connectivity index (χ0) is 19.9. The average Bonchev–Trinajstić information content (AvgIpc) is 2.66. The quantitative estimate of drug-likeness (QED) is 0.755. The SMILES string of the molecule is CC1(C)Cc2cc(C(=O)O)ccc2NC1c1cc(F)cc(N2CCNCC2)c1. The van der Waals surface area contributed by atoms with Gasteiger partial charge in [-0.15, -0.1) is 0 Å². The maximum absolute atomic E-state index is 14.5. The van der Waals surface area contributed by atoms with Crippen molar-refractivity contribution in [2.45, 2.75) is 26.3 Å². The lowest BCUT2D eigenvalue weighted by molar-refractivity contribution is 0.0696. The topological polar surface area (TPSA) is 64.6 Å². The Balaban J connectivity index is 1.68. The van der Waals surface area contributed by atoms with Gasteiger partial charge in [0.25, 0.3) is 0 Å². The summed E-state index contributed by atoms with van der Waals surface area (Å²) >= 11 is 0. The van der Waals surface area contributed by atoms with E-state index in [0.29, 0.717) is 5.56 Å². The molecule has 4 rings (SSSR count). The van der Waals surface area contributed by atoms with Crippen LogP contribution in [0, 0.1) is 11.2 Å². The van der Waals surface area contributed by atoms with Gasteiger partial charge in [-0.2, -0.15) is 0 Å². The molecule has 0 spiro atoms. The Morgan fingerprint density at radius 3 is 2.64 bits per heavy atom. The maximum atomic E-state index is 14.5. The fourth-order valence-corrected chi connectivity index (χ4v) is 4.36. The molecule has 0 aromatic heterocycles. The number of anilines is 2. The summed E-state index contributed by atoms with van der Waals surface area (Å²) in [7, 11) is 0. The Labute approximate surface area is 164 Å². The van der Waals surface area contributed by atoms with Crippen LogP contribution in [0.4, 0.5) is 15.8 Å². The van der Waals surface area contributed by atoms with E-state index >= 15 is 0 Å². The van der Waals surface area contributed by atoms with Gasteiger partial charge in [-0.25, -0.2) is 9.18 Å². The largest absolute Gasteiger partial charge is 0.478 e. The highest BCUT2D eigenvalue weighted by Gasteiger charge is 2.36. The molecule has 3 N–H and O–H groups in total. The summed E-state index contributed by atoms with van der Waals surface area (Å²) in [6.45, 7) is 7.81. The number of carbonyl (C=O) groups is 1. The van der Waals surface area contributed by atoms with Crippen molar-refractivity contribution in [3.05, 3.63) is 58.9 Å². The Morgan fingerprint density at radius 1 is 1.18 bits per heavy atom. The summed E-state index contributed by atoms with van der Waals surface area (Å²) in [5.74, 6) is -1.15. The van der Waals surface area contributed by atoms with Crippen molar-refractivity contribution in [2.75, 3.05) is 36.4 Å². The zero-order valence-electron chi connectivity index (χ0n) is 16.3. The van der Waals surface area contributed by atoms with Crippen LogP contribution in [0.1, 0.15) is 41.4 Å². The number of carboxylic acids is 1. The highest BCUT2D eigenvalue weighted by molar-refractivity contribution is 5.88. The number of piperazine rings is 1. The van der Waals surface area contributed by atoms with Crippen LogP contribution in [0.2, 0.25) is 0 Å². The van der Waals surface area contributed by atoms with E-state index in [-0.39, 0.29) is 17.3 Å². The van der Waals surface area contributed by atoms with Gasteiger partial charge in [0.1, 0.15) is 5.82 Å². The summed E-state index contributed by atoms with van der Waals surface area (Å²) in [6, 6.07) is 10.4. The van der Waals surface area contributed by atoms with Crippen LogP contribution in [0.25, 0.3) is 0 Å². The Morgan fingerprint density at radius 2 is 1.93 bits per heavy atom. The third-order valence-corrected chi connectivity index (χ3v) is 5.80. The van der Waals surface area contributed by atoms with Gasteiger partial charge in [0.05, 0.1) is 11.6 Å². The van der Waals surface area contributed by atoms with Crippen LogP contribution in [-0.4, -0.2) is 37.3 Å². The summed E-state index contributed by atoms with van der Waals surface area (Å²) in [5.41, 5.74) is 3.84. The zero-order valence-corrected chi connectivity index (χ0v) is 16.3. The van der Waals surface area contributed by atoms with Gasteiger partial charge in [0.15, 0.2) is 0 Å². The third-order valence-electron chi connectivity index (χ3n) is 5.80. The molecular weight excluding hydrogens is 357 g/mol.